The van der Waals surface area contributed by atoms with Gasteiger partial charge < -0.3 is 10.5 Å². The van der Waals surface area contributed by atoms with Crippen LogP contribution in [-0.4, -0.2) is 6.54 Å². The Morgan fingerprint density at radius 3 is 2.32 bits per heavy atom. The number of aryl methyl sites for hydroxylation is 1. The highest BCUT2D eigenvalue weighted by Gasteiger charge is 2.12. The molecule has 0 heterocycles. The summed E-state index contributed by atoms with van der Waals surface area (Å²) in [6.07, 6.45) is 1.98. The van der Waals surface area contributed by atoms with Crippen LogP contribution in [0.2, 0.25) is 0 Å². The second kappa shape index (κ2) is 6.95. The Morgan fingerprint density at radius 2 is 1.68 bits per heavy atom. The Kier molecular flexibility index (Phi) is 4.99. The molecule has 0 aliphatic rings. The monoisotopic (exact) mass is 255 g/mol. The topological polar surface area (TPSA) is 35.2 Å². The van der Waals surface area contributed by atoms with E-state index in [2.05, 4.69) is 31.2 Å². The predicted molar refractivity (Wildman–Crippen MR) is 79.3 cm³/mol. The lowest BCUT2D eigenvalue weighted by Crippen LogP contribution is -2.10. The maximum absolute atomic E-state index is 6.09. The average molecular weight is 255 g/mol. The van der Waals surface area contributed by atoms with Crippen LogP contribution in [0, 0.1) is 6.92 Å². The lowest BCUT2D eigenvalue weighted by molar-refractivity contribution is 0.192. The number of para-hydroxylation sites is 1. The molecule has 0 spiro atoms. The minimum absolute atomic E-state index is 0.0755. The number of benzene rings is 2. The van der Waals surface area contributed by atoms with E-state index in [4.69, 9.17) is 10.5 Å². The first-order valence-corrected chi connectivity index (χ1v) is 6.78. The molecule has 0 saturated heterocycles. The molecular formula is C17H21NO. The van der Waals surface area contributed by atoms with Crippen LogP contribution in [0.3, 0.4) is 0 Å². The van der Waals surface area contributed by atoms with Crippen LogP contribution in [0.15, 0.2) is 54.6 Å². The Hall–Kier alpha value is -1.80. The quantitative estimate of drug-likeness (QED) is 0.850. The van der Waals surface area contributed by atoms with Gasteiger partial charge >= 0.3 is 0 Å². The van der Waals surface area contributed by atoms with Crippen LogP contribution in [0.4, 0.5) is 0 Å². The third-order valence-electron chi connectivity index (χ3n) is 3.14. The summed E-state index contributed by atoms with van der Waals surface area (Å²) in [5, 5.41) is 0. The highest BCUT2D eigenvalue weighted by Crippen LogP contribution is 2.25. The van der Waals surface area contributed by atoms with Crippen LogP contribution in [0.25, 0.3) is 0 Å². The summed E-state index contributed by atoms with van der Waals surface area (Å²) in [4.78, 5) is 0. The molecule has 0 radical (unpaired) electrons. The predicted octanol–water partition coefficient (Wildman–Crippen LogP) is 3.85. The van der Waals surface area contributed by atoms with Gasteiger partial charge in [0.25, 0.3) is 0 Å². The van der Waals surface area contributed by atoms with Crippen LogP contribution < -0.4 is 10.5 Å². The summed E-state index contributed by atoms with van der Waals surface area (Å²) < 4.78 is 6.09. The van der Waals surface area contributed by atoms with Crippen molar-refractivity contribution in [3.63, 3.8) is 0 Å². The van der Waals surface area contributed by atoms with Crippen molar-refractivity contribution in [3.05, 3.63) is 65.7 Å². The molecule has 0 aromatic heterocycles. The maximum Gasteiger partial charge on any atom is 0.124 e. The zero-order valence-corrected chi connectivity index (χ0v) is 11.4. The molecule has 0 fully saturated rings. The molecule has 2 aromatic rings. The summed E-state index contributed by atoms with van der Waals surface area (Å²) >= 11 is 0. The number of rotatable bonds is 6. The third kappa shape index (κ3) is 4.11. The van der Waals surface area contributed by atoms with Gasteiger partial charge in [0, 0.05) is 0 Å². The Balaban J connectivity index is 2.13. The SMILES string of the molecule is Cc1ccc(C(CCCN)Oc2ccccc2)cc1. The van der Waals surface area contributed by atoms with E-state index in [0.717, 1.165) is 18.6 Å². The minimum atomic E-state index is 0.0755. The second-order valence-electron chi connectivity index (χ2n) is 4.76. The summed E-state index contributed by atoms with van der Waals surface area (Å²) in [7, 11) is 0. The van der Waals surface area contributed by atoms with E-state index in [1.165, 1.54) is 11.1 Å². The molecule has 2 N–H and O–H groups in total. The van der Waals surface area contributed by atoms with E-state index in [-0.39, 0.29) is 6.10 Å². The molecule has 0 saturated carbocycles. The van der Waals surface area contributed by atoms with E-state index < -0.39 is 0 Å². The first-order valence-electron chi connectivity index (χ1n) is 6.78. The zero-order valence-electron chi connectivity index (χ0n) is 11.4. The zero-order chi connectivity index (χ0) is 13.5. The molecular weight excluding hydrogens is 234 g/mol. The van der Waals surface area contributed by atoms with Crippen molar-refractivity contribution in [3.8, 4) is 5.75 Å². The minimum Gasteiger partial charge on any atom is -0.486 e. The van der Waals surface area contributed by atoms with Crippen LogP contribution in [-0.2, 0) is 0 Å². The van der Waals surface area contributed by atoms with Crippen molar-refractivity contribution in [2.24, 2.45) is 5.73 Å². The van der Waals surface area contributed by atoms with Crippen molar-refractivity contribution in [2.75, 3.05) is 6.54 Å². The molecule has 2 nitrogen and oxygen atoms in total. The number of hydrogen-bond acceptors (Lipinski definition) is 2. The molecule has 0 aliphatic carbocycles. The number of ether oxygens (including phenoxy) is 1. The summed E-state index contributed by atoms with van der Waals surface area (Å²) in [5.41, 5.74) is 8.09. The average Bonchev–Trinajstić information content (AvgIpc) is 2.45. The van der Waals surface area contributed by atoms with Gasteiger partial charge in [-0.25, -0.2) is 0 Å². The molecule has 0 amide bonds. The largest absolute Gasteiger partial charge is 0.486 e. The lowest BCUT2D eigenvalue weighted by atomic mass is 10.0. The van der Waals surface area contributed by atoms with Crippen molar-refractivity contribution in [1.29, 1.82) is 0 Å². The summed E-state index contributed by atoms with van der Waals surface area (Å²) in [5.74, 6) is 0.907. The molecule has 2 aromatic carbocycles. The molecule has 19 heavy (non-hydrogen) atoms. The van der Waals surface area contributed by atoms with Gasteiger partial charge in [0.2, 0.25) is 0 Å². The van der Waals surface area contributed by atoms with Gasteiger partial charge in [-0.3, -0.25) is 0 Å². The van der Waals surface area contributed by atoms with E-state index in [0.29, 0.717) is 6.54 Å². The molecule has 0 bridgehead atoms. The van der Waals surface area contributed by atoms with Crippen molar-refractivity contribution >= 4 is 0 Å². The Labute approximate surface area is 115 Å². The molecule has 0 aliphatic heterocycles. The van der Waals surface area contributed by atoms with Crippen molar-refractivity contribution in [1.82, 2.24) is 0 Å². The molecule has 2 rings (SSSR count). The van der Waals surface area contributed by atoms with Gasteiger partial charge in [-0.2, -0.15) is 0 Å². The van der Waals surface area contributed by atoms with Crippen LogP contribution in [0.5, 0.6) is 5.75 Å². The van der Waals surface area contributed by atoms with Gasteiger partial charge in [0.15, 0.2) is 0 Å². The lowest BCUT2D eigenvalue weighted by Gasteiger charge is -2.19. The summed E-state index contributed by atoms with van der Waals surface area (Å²) in [6.45, 7) is 2.79. The molecule has 1 unspecified atom stereocenters. The van der Waals surface area contributed by atoms with Gasteiger partial charge in [-0.15, -0.1) is 0 Å². The standard InChI is InChI=1S/C17H21NO/c1-14-9-11-15(12-10-14)17(8-5-13-18)19-16-6-3-2-4-7-16/h2-4,6-7,9-12,17H,5,8,13,18H2,1H3. The van der Waals surface area contributed by atoms with Crippen molar-refractivity contribution < 1.29 is 4.74 Å². The first-order chi connectivity index (χ1) is 9.29. The van der Waals surface area contributed by atoms with Crippen LogP contribution in [0.1, 0.15) is 30.1 Å². The Bertz CT molecular complexity index is 478. The second-order valence-corrected chi connectivity index (χ2v) is 4.76. The van der Waals surface area contributed by atoms with E-state index in [9.17, 15) is 0 Å². The third-order valence-corrected chi connectivity index (χ3v) is 3.14. The Morgan fingerprint density at radius 1 is 1.00 bits per heavy atom. The van der Waals surface area contributed by atoms with E-state index in [1.54, 1.807) is 0 Å². The fourth-order valence-corrected chi connectivity index (χ4v) is 2.04. The van der Waals surface area contributed by atoms with E-state index >= 15 is 0 Å². The normalized spacial score (nSPS) is 12.1. The van der Waals surface area contributed by atoms with Crippen molar-refractivity contribution in [2.45, 2.75) is 25.9 Å². The van der Waals surface area contributed by atoms with Gasteiger partial charge in [0.05, 0.1) is 0 Å². The first kappa shape index (κ1) is 13.6. The highest BCUT2D eigenvalue weighted by molar-refractivity contribution is 5.26. The number of hydrogen-bond donors (Lipinski definition) is 1. The highest BCUT2D eigenvalue weighted by atomic mass is 16.5. The molecule has 100 valence electrons. The maximum atomic E-state index is 6.09. The summed E-state index contributed by atoms with van der Waals surface area (Å²) in [6, 6.07) is 18.5. The fraction of sp³-hybridized carbons (Fsp3) is 0.294. The smallest absolute Gasteiger partial charge is 0.124 e. The molecule has 1 atom stereocenters. The van der Waals surface area contributed by atoms with Gasteiger partial charge in [-0.1, -0.05) is 48.0 Å². The van der Waals surface area contributed by atoms with Gasteiger partial charge in [-0.05, 0) is 44.0 Å². The van der Waals surface area contributed by atoms with E-state index in [1.807, 2.05) is 30.3 Å². The molecule has 2 heteroatoms. The van der Waals surface area contributed by atoms with Gasteiger partial charge in [0.1, 0.15) is 11.9 Å². The fourth-order valence-electron chi connectivity index (χ4n) is 2.04. The van der Waals surface area contributed by atoms with Crippen LogP contribution >= 0.6 is 0 Å². The number of nitrogens with two attached hydrogens (primary N) is 1.